The van der Waals surface area contributed by atoms with Crippen LogP contribution in [0.5, 0.6) is 5.75 Å². The van der Waals surface area contributed by atoms with Gasteiger partial charge in [0.15, 0.2) is 0 Å². The number of carbonyl (C=O) groups excluding carboxylic acids is 1. The van der Waals surface area contributed by atoms with Crippen LogP contribution in [0, 0.1) is 13.8 Å². The Morgan fingerprint density at radius 1 is 1.11 bits per heavy atom. The number of anilines is 1. The molecule has 0 saturated heterocycles. The molecular formula is C15H15NO2. The van der Waals surface area contributed by atoms with Gasteiger partial charge in [0, 0.05) is 5.69 Å². The largest absolute Gasteiger partial charge is 0.423 e. The van der Waals surface area contributed by atoms with Crippen molar-refractivity contribution in [3.63, 3.8) is 0 Å². The Labute approximate surface area is 106 Å². The topological polar surface area (TPSA) is 52.3 Å². The molecule has 2 rings (SSSR count). The van der Waals surface area contributed by atoms with E-state index in [0.717, 1.165) is 11.1 Å². The summed E-state index contributed by atoms with van der Waals surface area (Å²) in [5.74, 6) is 0.145. The number of benzene rings is 2. The van der Waals surface area contributed by atoms with Gasteiger partial charge in [0.1, 0.15) is 5.75 Å². The van der Waals surface area contributed by atoms with Crippen LogP contribution in [0.25, 0.3) is 0 Å². The first-order chi connectivity index (χ1) is 8.56. The average molecular weight is 241 g/mol. The molecule has 2 aromatic carbocycles. The lowest BCUT2D eigenvalue weighted by atomic mass is 10.1. The second kappa shape index (κ2) is 4.92. The van der Waals surface area contributed by atoms with Gasteiger partial charge in [0.25, 0.3) is 0 Å². The minimum Gasteiger partial charge on any atom is -0.423 e. The second-order valence-corrected chi connectivity index (χ2v) is 4.28. The molecule has 0 saturated carbocycles. The predicted molar refractivity (Wildman–Crippen MR) is 71.7 cm³/mol. The van der Waals surface area contributed by atoms with E-state index in [2.05, 4.69) is 0 Å². The number of rotatable bonds is 2. The number of nitrogens with two attached hydrogens (primary N) is 1. The number of aryl methyl sites for hydroxylation is 2. The molecule has 2 N–H and O–H groups in total. The normalized spacial score (nSPS) is 10.1. The van der Waals surface area contributed by atoms with Crippen LogP contribution in [0.15, 0.2) is 42.5 Å². The molecular weight excluding hydrogens is 226 g/mol. The van der Waals surface area contributed by atoms with E-state index in [1.807, 2.05) is 38.1 Å². The Balaban J connectivity index is 2.19. The lowest BCUT2D eigenvalue weighted by molar-refractivity contribution is 0.0735. The van der Waals surface area contributed by atoms with Crippen LogP contribution < -0.4 is 10.5 Å². The van der Waals surface area contributed by atoms with Crippen LogP contribution in [-0.2, 0) is 0 Å². The highest BCUT2D eigenvalue weighted by Gasteiger charge is 2.09. The monoisotopic (exact) mass is 241 g/mol. The third-order valence-electron chi connectivity index (χ3n) is 2.72. The summed E-state index contributed by atoms with van der Waals surface area (Å²) < 4.78 is 5.28. The Hall–Kier alpha value is -2.29. The zero-order valence-electron chi connectivity index (χ0n) is 10.4. The summed E-state index contributed by atoms with van der Waals surface area (Å²) in [6.45, 7) is 3.84. The highest BCUT2D eigenvalue weighted by molar-refractivity contribution is 5.92. The van der Waals surface area contributed by atoms with Gasteiger partial charge in [-0.1, -0.05) is 18.2 Å². The van der Waals surface area contributed by atoms with Gasteiger partial charge >= 0.3 is 5.97 Å². The van der Waals surface area contributed by atoms with Crippen LogP contribution in [0.3, 0.4) is 0 Å². The van der Waals surface area contributed by atoms with Gasteiger partial charge in [-0.15, -0.1) is 0 Å². The van der Waals surface area contributed by atoms with Crippen molar-refractivity contribution in [1.29, 1.82) is 0 Å². The lowest BCUT2D eigenvalue weighted by Gasteiger charge is -2.06. The standard InChI is InChI=1S/C15H15NO2/c1-10-4-3-5-13(8-10)18-15(17)12-7-6-11(2)14(16)9-12/h3-9H,16H2,1-2H3. The molecule has 2 aromatic rings. The molecule has 18 heavy (non-hydrogen) atoms. The lowest BCUT2D eigenvalue weighted by Crippen LogP contribution is -2.09. The molecule has 0 fully saturated rings. The van der Waals surface area contributed by atoms with Crippen LogP contribution in [-0.4, -0.2) is 5.97 Å². The van der Waals surface area contributed by atoms with E-state index >= 15 is 0 Å². The molecule has 0 radical (unpaired) electrons. The van der Waals surface area contributed by atoms with Crippen molar-refractivity contribution in [3.8, 4) is 5.75 Å². The van der Waals surface area contributed by atoms with Crippen LogP contribution in [0.2, 0.25) is 0 Å². The maximum atomic E-state index is 11.9. The summed E-state index contributed by atoms with van der Waals surface area (Å²) in [5.41, 5.74) is 8.81. The van der Waals surface area contributed by atoms with E-state index in [-0.39, 0.29) is 0 Å². The summed E-state index contributed by atoms with van der Waals surface area (Å²) in [6.07, 6.45) is 0. The van der Waals surface area contributed by atoms with Gasteiger partial charge in [0.2, 0.25) is 0 Å². The molecule has 0 aromatic heterocycles. The van der Waals surface area contributed by atoms with Crippen molar-refractivity contribution < 1.29 is 9.53 Å². The molecule has 0 bridgehead atoms. The zero-order valence-corrected chi connectivity index (χ0v) is 10.4. The number of esters is 1. The third-order valence-corrected chi connectivity index (χ3v) is 2.72. The zero-order chi connectivity index (χ0) is 13.1. The van der Waals surface area contributed by atoms with Gasteiger partial charge in [-0.05, 0) is 49.2 Å². The van der Waals surface area contributed by atoms with Crippen LogP contribution in [0.4, 0.5) is 5.69 Å². The van der Waals surface area contributed by atoms with Crippen molar-refractivity contribution in [2.45, 2.75) is 13.8 Å². The van der Waals surface area contributed by atoms with E-state index in [9.17, 15) is 4.79 Å². The first kappa shape index (κ1) is 12.2. The smallest absolute Gasteiger partial charge is 0.343 e. The van der Waals surface area contributed by atoms with E-state index in [0.29, 0.717) is 17.0 Å². The second-order valence-electron chi connectivity index (χ2n) is 4.28. The maximum absolute atomic E-state index is 11.9. The quantitative estimate of drug-likeness (QED) is 0.499. The number of hydrogen-bond acceptors (Lipinski definition) is 3. The fraction of sp³-hybridized carbons (Fsp3) is 0.133. The summed E-state index contributed by atoms with van der Waals surface area (Å²) in [6, 6.07) is 12.5. The van der Waals surface area contributed by atoms with E-state index in [1.54, 1.807) is 18.2 Å². The summed E-state index contributed by atoms with van der Waals surface area (Å²) in [5, 5.41) is 0. The van der Waals surface area contributed by atoms with Crippen LogP contribution >= 0.6 is 0 Å². The SMILES string of the molecule is Cc1cccc(OC(=O)c2ccc(C)c(N)c2)c1. The highest BCUT2D eigenvalue weighted by Crippen LogP contribution is 2.17. The fourth-order valence-electron chi connectivity index (χ4n) is 1.61. The van der Waals surface area contributed by atoms with Gasteiger partial charge < -0.3 is 10.5 Å². The first-order valence-corrected chi connectivity index (χ1v) is 5.71. The highest BCUT2D eigenvalue weighted by atomic mass is 16.5. The van der Waals surface area contributed by atoms with Crippen molar-refractivity contribution >= 4 is 11.7 Å². The third kappa shape index (κ3) is 2.69. The fourth-order valence-corrected chi connectivity index (χ4v) is 1.61. The van der Waals surface area contributed by atoms with Crippen LogP contribution in [0.1, 0.15) is 21.5 Å². The van der Waals surface area contributed by atoms with Crippen molar-refractivity contribution in [2.24, 2.45) is 0 Å². The Kier molecular flexibility index (Phi) is 3.33. The maximum Gasteiger partial charge on any atom is 0.343 e. The number of nitrogen functional groups attached to an aromatic ring is 1. The van der Waals surface area contributed by atoms with Crippen molar-refractivity contribution in [3.05, 3.63) is 59.2 Å². The molecule has 0 amide bonds. The van der Waals surface area contributed by atoms with Gasteiger partial charge in [-0.25, -0.2) is 4.79 Å². The number of hydrogen-bond donors (Lipinski definition) is 1. The number of ether oxygens (including phenoxy) is 1. The van der Waals surface area contributed by atoms with E-state index in [4.69, 9.17) is 10.5 Å². The minimum atomic E-state index is -0.396. The molecule has 0 aliphatic carbocycles. The first-order valence-electron chi connectivity index (χ1n) is 5.71. The van der Waals surface area contributed by atoms with Gasteiger partial charge in [-0.3, -0.25) is 0 Å². The number of carbonyl (C=O) groups is 1. The molecule has 3 heteroatoms. The molecule has 92 valence electrons. The molecule has 0 aliphatic rings. The molecule has 0 unspecified atom stereocenters. The Morgan fingerprint density at radius 2 is 1.89 bits per heavy atom. The minimum absolute atomic E-state index is 0.396. The van der Waals surface area contributed by atoms with Crippen molar-refractivity contribution in [2.75, 3.05) is 5.73 Å². The molecule has 0 aliphatic heterocycles. The average Bonchev–Trinajstić information content (AvgIpc) is 2.32. The Bertz CT molecular complexity index is 591. The Morgan fingerprint density at radius 3 is 2.56 bits per heavy atom. The molecule has 0 atom stereocenters. The van der Waals surface area contributed by atoms with E-state index in [1.165, 1.54) is 0 Å². The molecule has 0 heterocycles. The summed E-state index contributed by atoms with van der Waals surface area (Å²) in [4.78, 5) is 11.9. The molecule has 0 spiro atoms. The van der Waals surface area contributed by atoms with Crippen molar-refractivity contribution in [1.82, 2.24) is 0 Å². The van der Waals surface area contributed by atoms with Gasteiger partial charge in [0.05, 0.1) is 5.56 Å². The summed E-state index contributed by atoms with van der Waals surface area (Å²) in [7, 11) is 0. The summed E-state index contributed by atoms with van der Waals surface area (Å²) >= 11 is 0. The van der Waals surface area contributed by atoms with E-state index < -0.39 is 5.97 Å². The molecule has 3 nitrogen and oxygen atoms in total. The predicted octanol–water partition coefficient (Wildman–Crippen LogP) is 3.10. The van der Waals surface area contributed by atoms with Gasteiger partial charge in [-0.2, -0.15) is 0 Å².